The van der Waals surface area contributed by atoms with Crippen molar-refractivity contribution in [3.05, 3.63) is 34.9 Å². The minimum Gasteiger partial charge on any atom is -0.356 e. The minimum atomic E-state index is -0.162. The average Bonchev–Trinajstić information content (AvgIpc) is 2.44. The summed E-state index contributed by atoms with van der Waals surface area (Å²) in [7, 11) is 0. The van der Waals surface area contributed by atoms with Crippen molar-refractivity contribution < 1.29 is 9.59 Å². The van der Waals surface area contributed by atoms with Crippen molar-refractivity contribution in [2.75, 3.05) is 19.6 Å². The molecule has 1 aromatic carbocycles. The lowest BCUT2D eigenvalue weighted by atomic mass is 10.2. The van der Waals surface area contributed by atoms with E-state index in [9.17, 15) is 9.59 Å². The number of hydrogen-bond donors (Lipinski definition) is 3. The summed E-state index contributed by atoms with van der Waals surface area (Å²) in [5.74, 6) is -0.176. The molecule has 0 heterocycles. The van der Waals surface area contributed by atoms with Crippen LogP contribution in [0.5, 0.6) is 0 Å². The largest absolute Gasteiger partial charge is 0.356 e. The minimum absolute atomic E-state index is 0. The Morgan fingerprint density at radius 2 is 1.67 bits per heavy atom. The Labute approximate surface area is 136 Å². The van der Waals surface area contributed by atoms with Crippen molar-refractivity contribution in [3.8, 4) is 0 Å². The molecule has 0 aliphatic rings. The van der Waals surface area contributed by atoms with Gasteiger partial charge in [-0.25, -0.2) is 0 Å². The molecule has 7 heteroatoms. The van der Waals surface area contributed by atoms with Gasteiger partial charge in [0.15, 0.2) is 0 Å². The first-order valence-electron chi connectivity index (χ1n) is 6.64. The van der Waals surface area contributed by atoms with E-state index in [2.05, 4.69) is 10.6 Å². The predicted molar refractivity (Wildman–Crippen MR) is 86.9 cm³/mol. The summed E-state index contributed by atoms with van der Waals surface area (Å²) in [5.41, 5.74) is 5.88. The third-order valence-corrected chi connectivity index (χ3v) is 2.93. The smallest absolute Gasteiger partial charge is 0.251 e. The Bertz CT molecular complexity index is 438. The van der Waals surface area contributed by atoms with Crippen LogP contribution in [0.4, 0.5) is 0 Å². The number of carbonyl (C=O) groups excluding carboxylic acids is 2. The number of amides is 2. The lowest BCUT2D eigenvalue weighted by Crippen LogP contribution is -2.28. The summed E-state index contributed by atoms with van der Waals surface area (Å²) in [5, 5.41) is 6.12. The van der Waals surface area contributed by atoms with E-state index in [4.69, 9.17) is 17.3 Å². The van der Waals surface area contributed by atoms with Crippen LogP contribution in [0, 0.1) is 0 Å². The van der Waals surface area contributed by atoms with Crippen LogP contribution < -0.4 is 16.4 Å². The Hall–Kier alpha value is -1.30. The van der Waals surface area contributed by atoms with Crippen LogP contribution in [-0.4, -0.2) is 31.4 Å². The summed E-state index contributed by atoms with van der Waals surface area (Å²) in [4.78, 5) is 23.1. The molecule has 0 aliphatic carbocycles. The predicted octanol–water partition coefficient (Wildman–Crippen LogP) is 1.74. The monoisotopic (exact) mass is 333 g/mol. The first-order chi connectivity index (χ1) is 9.63. The van der Waals surface area contributed by atoms with Gasteiger partial charge in [0.1, 0.15) is 0 Å². The molecule has 4 N–H and O–H groups in total. The topological polar surface area (TPSA) is 84.2 Å². The van der Waals surface area contributed by atoms with E-state index in [1.54, 1.807) is 24.3 Å². The average molecular weight is 334 g/mol. The molecule has 0 saturated heterocycles. The molecule has 0 aliphatic heterocycles. The summed E-state index contributed by atoms with van der Waals surface area (Å²) in [6, 6.07) is 6.66. The van der Waals surface area contributed by atoms with Gasteiger partial charge < -0.3 is 16.4 Å². The van der Waals surface area contributed by atoms with Crippen molar-refractivity contribution in [1.29, 1.82) is 0 Å². The highest BCUT2D eigenvalue weighted by Gasteiger charge is 2.05. The standard InChI is InChI=1S/C14H20ClN3O2.ClH/c15-12-6-4-11(5-7-12)14(20)18-9-1-3-13(19)17-10-2-8-16;/h4-7H,1-3,8-10,16H2,(H,17,19)(H,18,20);1H. The third-order valence-electron chi connectivity index (χ3n) is 2.68. The fourth-order valence-electron chi connectivity index (χ4n) is 1.57. The summed E-state index contributed by atoms with van der Waals surface area (Å²) in [6.07, 6.45) is 1.78. The molecular formula is C14H21Cl2N3O2. The lowest BCUT2D eigenvalue weighted by molar-refractivity contribution is -0.121. The molecule has 118 valence electrons. The van der Waals surface area contributed by atoms with E-state index in [1.165, 1.54) is 0 Å². The normalized spacial score (nSPS) is 9.62. The number of hydrogen-bond acceptors (Lipinski definition) is 3. The summed E-state index contributed by atoms with van der Waals surface area (Å²) < 4.78 is 0. The van der Waals surface area contributed by atoms with E-state index in [0.717, 1.165) is 6.42 Å². The fourth-order valence-corrected chi connectivity index (χ4v) is 1.70. The molecule has 0 fully saturated rings. The molecular weight excluding hydrogens is 313 g/mol. The summed E-state index contributed by atoms with van der Waals surface area (Å²) >= 11 is 5.75. The highest BCUT2D eigenvalue weighted by molar-refractivity contribution is 6.30. The van der Waals surface area contributed by atoms with Crippen LogP contribution in [0.1, 0.15) is 29.6 Å². The summed E-state index contributed by atoms with van der Waals surface area (Å²) in [6.45, 7) is 1.63. The lowest BCUT2D eigenvalue weighted by Gasteiger charge is -2.06. The Balaban J connectivity index is 0.00000400. The zero-order valence-electron chi connectivity index (χ0n) is 11.7. The van der Waals surface area contributed by atoms with Crippen LogP contribution in [0.15, 0.2) is 24.3 Å². The molecule has 0 unspecified atom stereocenters. The van der Waals surface area contributed by atoms with Crippen LogP contribution in [-0.2, 0) is 4.79 Å². The maximum atomic E-state index is 11.7. The Morgan fingerprint density at radius 1 is 1.05 bits per heavy atom. The van der Waals surface area contributed by atoms with Gasteiger partial charge >= 0.3 is 0 Å². The van der Waals surface area contributed by atoms with Crippen LogP contribution in [0.3, 0.4) is 0 Å². The van der Waals surface area contributed by atoms with Gasteiger partial charge in [-0.2, -0.15) is 0 Å². The van der Waals surface area contributed by atoms with Gasteiger partial charge in [-0.1, -0.05) is 11.6 Å². The van der Waals surface area contributed by atoms with Gasteiger partial charge in [0.05, 0.1) is 0 Å². The number of rotatable bonds is 8. The van der Waals surface area contributed by atoms with Crippen LogP contribution >= 0.6 is 24.0 Å². The van der Waals surface area contributed by atoms with Crippen molar-refractivity contribution in [2.24, 2.45) is 5.73 Å². The molecule has 21 heavy (non-hydrogen) atoms. The van der Waals surface area contributed by atoms with Gasteiger partial charge in [0, 0.05) is 30.1 Å². The Kier molecular flexibility index (Phi) is 10.7. The number of halogens is 2. The molecule has 1 aromatic rings. The second-order valence-corrected chi connectivity index (χ2v) is 4.79. The molecule has 0 radical (unpaired) electrons. The molecule has 0 bridgehead atoms. The second-order valence-electron chi connectivity index (χ2n) is 4.36. The van der Waals surface area contributed by atoms with E-state index in [0.29, 0.717) is 43.1 Å². The molecule has 0 atom stereocenters. The maximum absolute atomic E-state index is 11.7. The number of nitrogens with one attached hydrogen (secondary N) is 2. The van der Waals surface area contributed by atoms with Gasteiger partial charge in [-0.05, 0) is 43.7 Å². The first-order valence-corrected chi connectivity index (χ1v) is 7.02. The second kappa shape index (κ2) is 11.4. The number of benzene rings is 1. The van der Waals surface area contributed by atoms with Crippen molar-refractivity contribution >= 4 is 35.8 Å². The molecule has 0 saturated carbocycles. The quantitative estimate of drug-likeness (QED) is 0.633. The molecule has 5 nitrogen and oxygen atoms in total. The zero-order valence-corrected chi connectivity index (χ0v) is 13.3. The highest BCUT2D eigenvalue weighted by Crippen LogP contribution is 2.09. The van der Waals surface area contributed by atoms with E-state index < -0.39 is 0 Å². The van der Waals surface area contributed by atoms with E-state index in [1.807, 2.05) is 0 Å². The van der Waals surface area contributed by atoms with E-state index >= 15 is 0 Å². The number of nitrogens with two attached hydrogens (primary N) is 1. The van der Waals surface area contributed by atoms with Crippen molar-refractivity contribution in [2.45, 2.75) is 19.3 Å². The van der Waals surface area contributed by atoms with Crippen LogP contribution in [0.25, 0.3) is 0 Å². The van der Waals surface area contributed by atoms with Gasteiger partial charge in [0.25, 0.3) is 5.91 Å². The molecule has 0 aromatic heterocycles. The maximum Gasteiger partial charge on any atom is 0.251 e. The third kappa shape index (κ3) is 8.55. The number of carbonyl (C=O) groups is 2. The van der Waals surface area contributed by atoms with Crippen LogP contribution in [0.2, 0.25) is 5.02 Å². The zero-order chi connectivity index (χ0) is 14.8. The Morgan fingerprint density at radius 3 is 2.29 bits per heavy atom. The van der Waals surface area contributed by atoms with Gasteiger partial charge in [-0.3, -0.25) is 9.59 Å². The molecule has 2 amide bonds. The fraction of sp³-hybridized carbons (Fsp3) is 0.429. The van der Waals surface area contributed by atoms with Gasteiger partial charge in [-0.15, -0.1) is 12.4 Å². The molecule has 0 spiro atoms. The van der Waals surface area contributed by atoms with E-state index in [-0.39, 0.29) is 24.2 Å². The highest BCUT2D eigenvalue weighted by atomic mass is 35.5. The first kappa shape index (κ1) is 19.7. The SMILES string of the molecule is Cl.NCCCNC(=O)CCCNC(=O)c1ccc(Cl)cc1. The van der Waals surface area contributed by atoms with Gasteiger partial charge in [0.2, 0.25) is 5.91 Å². The molecule has 1 rings (SSSR count). The van der Waals surface area contributed by atoms with Crippen molar-refractivity contribution in [1.82, 2.24) is 10.6 Å². The van der Waals surface area contributed by atoms with Crippen molar-refractivity contribution in [3.63, 3.8) is 0 Å².